The summed E-state index contributed by atoms with van der Waals surface area (Å²) in [5, 5.41) is 8.54. The normalized spacial score (nSPS) is 10.2. The Bertz CT molecular complexity index is 504. The number of carboxylic acid groups (broad SMARTS) is 1. The van der Waals surface area contributed by atoms with Crippen LogP contribution in [0.15, 0.2) is 18.2 Å². The molecular formula is C15H20FNO4. The Kier molecular flexibility index (Phi) is 6.65. The molecule has 1 N–H and O–H groups in total. The lowest BCUT2D eigenvalue weighted by Crippen LogP contribution is -2.28. The number of rotatable bonds is 8. The number of methoxy groups -OCH3 is 1. The molecule has 116 valence electrons. The van der Waals surface area contributed by atoms with E-state index in [-0.39, 0.29) is 30.9 Å². The summed E-state index contributed by atoms with van der Waals surface area (Å²) in [7, 11) is 3.01. The van der Waals surface area contributed by atoms with Crippen molar-refractivity contribution in [2.45, 2.75) is 25.7 Å². The lowest BCUT2D eigenvalue weighted by atomic mass is 10.1. The number of benzene rings is 1. The summed E-state index contributed by atoms with van der Waals surface area (Å²) in [6.07, 6.45) is 0.895. The number of hydrogen-bond acceptors (Lipinski definition) is 3. The third-order valence-electron chi connectivity index (χ3n) is 3.18. The van der Waals surface area contributed by atoms with Gasteiger partial charge in [-0.1, -0.05) is 12.1 Å². The number of aliphatic carboxylic acids is 1. The standard InChI is InChI=1S/C15H20FNO4/c1-17(10-4-7-14(19)20)13(18)9-8-11-5-3-6-12(21-2)15(11)16/h3,5-6H,4,7-10H2,1-2H3,(H,19,20). The molecular weight excluding hydrogens is 277 g/mol. The van der Waals surface area contributed by atoms with Gasteiger partial charge in [0.25, 0.3) is 0 Å². The summed E-state index contributed by atoms with van der Waals surface area (Å²) < 4.78 is 18.8. The minimum atomic E-state index is -0.880. The highest BCUT2D eigenvalue weighted by Gasteiger charge is 2.13. The average Bonchev–Trinajstić information content (AvgIpc) is 2.45. The topological polar surface area (TPSA) is 66.8 Å². The molecule has 0 saturated heterocycles. The van der Waals surface area contributed by atoms with E-state index in [0.29, 0.717) is 18.5 Å². The predicted octanol–water partition coefficient (Wildman–Crippen LogP) is 2.09. The zero-order valence-corrected chi connectivity index (χ0v) is 12.3. The molecule has 5 nitrogen and oxygen atoms in total. The lowest BCUT2D eigenvalue weighted by molar-refractivity contribution is -0.138. The molecule has 0 aliphatic heterocycles. The molecule has 6 heteroatoms. The molecule has 0 atom stereocenters. The summed E-state index contributed by atoms with van der Waals surface area (Å²) >= 11 is 0. The van der Waals surface area contributed by atoms with Crippen LogP contribution in [0, 0.1) is 5.82 Å². The number of amides is 1. The number of carboxylic acids is 1. The van der Waals surface area contributed by atoms with Gasteiger partial charge < -0.3 is 14.7 Å². The van der Waals surface area contributed by atoms with E-state index in [0.717, 1.165) is 0 Å². The number of carbonyl (C=O) groups is 2. The Hall–Kier alpha value is -2.11. The molecule has 0 saturated carbocycles. The maximum Gasteiger partial charge on any atom is 0.303 e. The van der Waals surface area contributed by atoms with E-state index in [2.05, 4.69) is 0 Å². The monoisotopic (exact) mass is 297 g/mol. The number of nitrogens with zero attached hydrogens (tertiary/aromatic N) is 1. The fraction of sp³-hybridized carbons (Fsp3) is 0.467. The van der Waals surface area contributed by atoms with Gasteiger partial charge in [-0.3, -0.25) is 9.59 Å². The first-order valence-corrected chi connectivity index (χ1v) is 6.72. The molecule has 0 spiro atoms. The van der Waals surface area contributed by atoms with Crippen LogP contribution in [0.25, 0.3) is 0 Å². The van der Waals surface area contributed by atoms with Gasteiger partial charge in [0.05, 0.1) is 7.11 Å². The summed E-state index contributed by atoms with van der Waals surface area (Å²) in [6.45, 7) is 0.381. The first-order chi connectivity index (χ1) is 9.95. The highest BCUT2D eigenvalue weighted by Crippen LogP contribution is 2.21. The smallest absolute Gasteiger partial charge is 0.303 e. The fourth-order valence-corrected chi connectivity index (χ4v) is 1.93. The zero-order valence-electron chi connectivity index (χ0n) is 12.3. The van der Waals surface area contributed by atoms with Crippen LogP contribution in [0.2, 0.25) is 0 Å². The molecule has 0 aliphatic rings. The lowest BCUT2D eigenvalue weighted by Gasteiger charge is -2.16. The molecule has 21 heavy (non-hydrogen) atoms. The van der Waals surface area contributed by atoms with Gasteiger partial charge in [0.1, 0.15) is 0 Å². The van der Waals surface area contributed by atoms with E-state index in [4.69, 9.17) is 9.84 Å². The highest BCUT2D eigenvalue weighted by atomic mass is 19.1. The third-order valence-corrected chi connectivity index (χ3v) is 3.18. The Morgan fingerprint density at radius 2 is 2.05 bits per heavy atom. The van der Waals surface area contributed by atoms with Crippen molar-refractivity contribution in [1.29, 1.82) is 0 Å². The number of ether oxygens (including phenoxy) is 1. The molecule has 0 aromatic heterocycles. The van der Waals surface area contributed by atoms with Gasteiger partial charge in [0.15, 0.2) is 11.6 Å². The van der Waals surface area contributed by atoms with Crippen molar-refractivity contribution >= 4 is 11.9 Å². The van der Waals surface area contributed by atoms with Crippen LogP contribution >= 0.6 is 0 Å². The quantitative estimate of drug-likeness (QED) is 0.798. The van der Waals surface area contributed by atoms with Crippen molar-refractivity contribution in [2.75, 3.05) is 20.7 Å². The Morgan fingerprint density at radius 3 is 2.67 bits per heavy atom. The van der Waals surface area contributed by atoms with E-state index in [1.54, 1.807) is 19.2 Å². The van der Waals surface area contributed by atoms with Gasteiger partial charge in [0.2, 0.25) is 5.91 Å². The van der Waals surface area contributed by atoms with Crippen molar-refractivity contribution in [3.63, 3.8) is 0 Å². The maximum absolute atomic E-state index is 13.9. The van der Waals surface area contributed by atoms with E-state index >= 15 is 0 Å². The number of halogens is 1. The van der Waals surface area contributed by atoms with Gasteiger partial charge in [-0.05, 0) is 24.5 Å². The molecule has 1 amide bonds. The minimum Gasteiger partial charge on any atom is -0.494 e. The van der Waals surface area contributed by atoms with Crippen molar-refractivity contribution in [2.24, 2.45) is 0 Å². The van der Waals surface area contributed by atoms with Crippen LogP contribution in [0.5, 0.6) is 5.75 Å². The average molecular weight is 297 g/mol. The van der Waals surface area contributed by atoms with Crippen LogP contribution in [0.4, 0.5) is 4.39 Å². The Morgan fingerprint density at radius 1 is 1.33 bits per heavy atom. The molecule has 0 unspecified atom stereocenters. The fourth-order valence-electron chi connectivity index (χ4n) is 1.93. The van der Waals surface area contributed by atoms with E-state index in [9.17, 15) is 14.0 Å². The van der Waals surface area contributed by atoms with Crippen molar-refractivity contribution in [1.82, 2.24) is 4.90 Å². The van der Waals surface area contributed by atoms with E-state index < -0.39 is 11.8 Å². The second-order valence-corrected chi connectivity index (χ2v) is 4.75. The summed E-state index contributed by atoms with van der Waals surface area (Å²) in [5.74, 6) is -1.30. The van der Waals surface area contributed by atoms with E-state index in [1.807, 2.05) is 0 Å². The van der Waals surface area contributed by atoms with Crippen molar-refractivity contribution < 1.29 is 23.8 Å². The third kappa shape index (κ3) is 5.41. The highest BCUT2D eigenvalue weighted by molar-refractivity contribution is 5.76. The van der Waals surface area contributed by atoms with Gasteiger partial charge in [0, 0.05) is 26.4 Å². The first-order valence-electron chi connectivity index (χ1n) is 6.72. The summed E-state index contributed by atoms with van der Waals surface area (Å²) in [6, 6.07) is 4.83. The van der Waals surface area contributed by atoms with Gasteiger partial charge in [-0.2, -0.15) is 0 Å². The number of aryl methyl sites for hydroxylation is 1. The molecule has 1 aromatic carbocycles. The van der Waals surface area contributed by atoms with Crippen LogP contribution in [0.1, 0.15) is 24.8 Å². The van der Waals surface area contributed by atoms with Crippen LogP contribution in [-0.4, -0.2) is 42.6 Å². The van der Waals surface area contributed by atoms with Gasteiger partial charge in [-0.15, -0.1) is 0 Å². The minimum absolute atomic E-state index is 0.0299. The molecule has 0 heterocycles. The number of hydrogen-bond donors (Lipinski definition) is 1. The molecule has 0 fully saturated rings. The van der Waals surface area contributed by atoms with Crippen LogP contribution < -0.4 is 4.74 Å². The second-order valence-electron chi connectivity index (χ2n) is 4.75. The first kappa shape index (κ1) is 16.9. The second kappa shape index (κ2) is 8.24. The summed E-state index contributed by atoms with van der Waals surface area (Å²) in [4.78, 5) is 23.8. The molecule has 0 radical (unpaired) electrons. The van der Waals surface area contributed by atoms with E-state index in [1.165, 1.54) is 18.1 Å². The summed E-state index contributed by atoms with van der Waals surface area (Å²) in [5.41, 5.74) is 0.432. The van der Waals surface area contributed by atoms with Crippen LogP contribution in [0.3, 0.4) is 0 Å². The SMILES string of the molecule is COc1cccc(CCC(=O)N(C)CCCC(=O)O)c1F. The Balaban J connectivity index is 2.47. The molecule has 0 bridgehead atoms. The van der Waals surface area contributed by atoms with Gasteiger partial charge in [-0.25, -0.2) is 4.39 Å². The number of carbonyl (C=O) groups excluding carboxylic acids is 1. The largest absolute Gasteiger partial charge is 0.494 e. The maximum atomic E-state index is 13.9. The predicted molar refractivity (Wildman–Crippen MR) is 75.8 cm³/mol. The zero-order chi connectivity index (χ0) is 15.8. The Labute approximate surface area is 123 Å². The molecule has 0 aliphatic carbocycles. The van der Waals surface area contributed by atoms with Crippen molar-refractivity contribution in [3.05, 3.63) is 29.6 Å². The van der Waals surface area contributed by atoms with Crippen LogP contribution in [-0.2, 0) is 16.0 Å². The molecule has 1 aromatic rings. The van der Waals surface area contributed by atoms with Gasteiger partial charge >= 0.3 is 5.97 Å². The van der Waals surface area contributed by atoms with Crippen molar-refractivity contribution in [3.8, 4) is 5.75 Å². The molecule has 1 rings (SSSR count).